The number of nitrogens with zero attached hydrogens (tertiary/aromatic N) is 1. The van der Waals surface area contributed by atoms with Gasteiger partial charge in [0.05, 0.1) is 0 Å². The van der Waals surface area contributed by atoms with Crippen molar-refractivity contribution in [2.45, 2.75) is 26.2 Å². The lowest BCUT2D eigenvalue weighted by molar-refractivity contribution is -0.112. The molecule has 0 spiro atoms. The maximum absolute atomic E-state index is 12.3. The van der Waals surface area contributed by atoms with Crippen LogP contribution in [0.25, 0.3) is 6.08 Å². The maximum Gasteiger partial charge on any atom is 0.266 e. The number of nitrogens with one attached hydrogen (secondary N) is 1. The lowest BCUT2D eigenvalue weighted by Gasteiger charge is -2.08. The first-order valence-electron chi connectivity index (χ1n) is 7.77. The summed E-state index contributed by atoms with van der Waals surface area (Å²) in [6.45, 7) is 3.98. The van der Waals surface area contributed by atoms with Crippen molar-refractivity contribution in [1.29, 1.82) is 5.26 Å². The summed E-state index contributed by atoms with van der Waals surface area (Å²) in [5, 5.41) is 12.6. The lowest BCUT2D eigenvalue weighted by Crippen LogP contribution is -2.14. The van der Waals surface area contributed by atoms with Gasteiger partial charge in [0, 0.05) is 22.7 Å². The lowest BCUT2D eigenvalue weighted by atomic mass is 10.1. The summed E-state index contributed by atoms with van der Waals surface area (Å²) in [6, 6.07) is 10.9. The average molecular weight is 341 g/mol. The van der Waals surface area contributed by atoms with E-state index in [4.69, 9.17) is 16.0 Å². The number of nitriles is 1. The van der Waals surface area contributed by atoms with Gasteiger partial charge in [-0.1, -0.05) is 24.6 Å². The van der Waals surface area contributed by atoms with Crippen molar-refractivity contribution in [1.82, 2.24) is 0 Å². The van der Waals surface area contributed by atoms with E-state index < -0.39 is 5.91 Å². The summed E-state index contributed by atoms with van der Waals surface area (Å²) < 4.78 is 5.72. The van der Waals surface area contributed by atoms with Crippen molar-refractivity contribution in [2.75, 3.05) is 5.32 Å². The Morgan fingerprint density at radius 1 is 1.42 bits per heavy atom. The molecule has 5 heteroatoms. The van der Waals surface area contributed by atoms with E-state index in [0.29, 0.717) is 28.3 Å². The molecule has 2 aromatic rings. The first kappa shape index (κ1) is 16.4. The number of hydrogen-bond donors (Lipinski definition) is 1. The zero-order chi connectivity index (χ0) is 17.3. The Bertz CT molecular complexity index is 860. The predicted octanol–water partition coefficient (Wildman–Crippen LogP) is 4.91. The maximum atomic E-state index is 12.3. The van der Waals surface area contributed by atoms with Gasteiger partial charge in [-0.2, -0.15) is 5.26 Å². The van der Waals surface area contributed by atoms with Crippen LogP contribution in [-0.4, -0.2) is 5.91 Å². The molecule has 1 aliphatic rings. The highest BCUT2D eigenvalue weighted by molar-refractivity contribution is 6.31. The standard InChI is InChI=1S/C19H17ClN2O2/c1-11-8-15(11)18-7-6-14(24-18)9-13(10-21)19(23)22-17-5-3-4-16(20)12(17)2/h3-7,9,11,15H,8H2,1-2H3,(H,22,23)/b13-9+/t11-,15+/m0/s1. The van der Waals surface area contributed by atoms with Gasteiger partial charge in [-0.15, -0.1) is 0 Å². The first-order valence-corrected chi connectivity index (χ1v) is 8.15. The minimum atomic E-state index is -0.486. The van der Waals surface area contributed by atoms with Crippen LogP contribution in [0, 0.1) is 24.2 Å². The molecule has 1 aliphatic carbocycles. The fourth-order valence-electron chi connectivity index (χ4n) is 2.59. The van der Waals surface area contributed by atoms with E-state index in [1.807, 2.05) is 19.1 Å². The topological polar surface area (TPSA) is 66.0 Å². The van der Waals surface area contributed by atoms with Gasteiger partial charge in [0.25, 0.3) is 5.91 Å². The van der Waals surface area contributed by atoms with Gasteiger partial charge < -0.3 is 9.73 Å². The smallest absolute Gasteiger partial charge is 0.266 e. The van der Waals surface area contributed by atoms with Crippen LogP contribution >= 0.6 is 11.6 Å². The number of furan rings is 1. The molecular formula is C19H17ClN2O2. The van der Waals surface area contributed by atoms with E-state index in [-0.39, 0.29) is 5.57 Å². The van der Waals surface area contributed by atoms with Gasteiger partial charge in [-0.25, -0.2) is 0 Å². The number of halogens is 1. The molecule has 0 saturated heterocycles. The third kappa shape index (κ3) is 3.37. The second-order valence-corrected chi connectivity index (χ2v) is 6.50. The molecule has 3 rings (SSSR count). The summed E-state index contributed by atoms with van der Waals surface area (Å²) in [5.41, 5.74) is 1.33. The zero-order valence-electron chi connectivity index (χ0n) is 13.5. The van der Waals surface area contributed by atoms with Gasteiger partial charge in [0.1, 0.15) is 23.2 Å². The predicted molar refractivity (Wildman–Crippen MR) is 93.6 cm³/mol. The number of hydrogen-bond acceptors (Lipinski definition) is 3. The van der Waals surface area contributed by atoms with Crippen LogP contribution in [0.15, 0.2) is 40.3 Å². The number of benzene rings is 1. The van der Waals surface area contributed by atoms with Crippen LogP contribution in [0.4, 0.5) is 5.69 Å². The highest BCUT2D eigenvalue weighted by Gasteiger charge is 2.36. The SMILES string of the molecule is Cc1c(Cl)cccc1NC(=O)/C(C#N)=C/c1ccc([C@@H]2C[C@@H]2C)o1. The third-order valence-electron chi connectivity index (χ3n) is 4.29. The van der Waals surface area contributed by atoms with E-state index in [1.54, 1.807) is 24.3 Å². The van der Waals surface area contributed by atoms with Crippen LogP contribution in [0.1, 0.15) is 36.3 Å². The Hall–Kier alpha value is -2.51. The van der Waals surface area contributed by atoms with Gasteiger partial charge in [0.2, 0.25) is 0 Å². The second-order valence-electron chi connectivity index (χ2n) is 6.10. The molecular weight excluding hydrogens is 324 g/mol. The molecule has 0 aliphatic heterocycles. The molecule has 1 amide bonds. The van der Waals surface area contributed by atoms with Gasteiger partial charge >= 0.3 is 0 Å². The molecule has 1 aromatic heterocycles. The van der Waals surface area contributed by atoms with Crippen molar-refractivity contribution in [3.8, 4) is 6.07 Å². The monoisotopic (exact) mass is 340 g/mol. The number of anilines is 1. The van der Waals surface area contributed by atoms with Gasteiger partial charge in [0.15, 0.2) is 0 Å². The molecule has 2 atom stereocenters. The highest BCUT2D eigenvalue weighted by Crippen LogP contribution is 2.47. The summed E-state index contributed by atoms with van der Waals surface area (Å²) >= 11 is 6.04. The van der Waals surface area contributed by atoms with Crippen LogP contribution in [0.2, 0.25) is 5.02 Å². The molecule has 0 radical (unpaired) electrons. The number of rotatable bonds is 4. The van der Waals surface area contributed by atoms with Crippen LogP contribution in [-0.2, 0) is 4.79 Å². The molecule has 0 bridgehead atoms. The third-order valence-corrected chi connectivity index (χ3v) is 4.70. The number of carbonyl (C=O) groups is 1. The molecule has 122 valence electrons. The second kappa shape index (κ2) is 6.54. The van der Waals surface area contributed by atoms with Crippen molar-refractivity contribution >= 4 is 29.3 Å². The quantitative estimate of drug-likeness (QED) is 0.635. The van der Waals surface area contributed by atoms with Gasteiger partial charge in [-0.05, 0) is 49.1 Å². The first-order chi connectivity index (χ1) is 11.5. The van der Waals surface area contributed by atoms with E-state index in [2.05, 4.69) is 12.2 Å². The fourth-order valence-corrected chi connectivity index (χ4v) is 2.76. The summed E-state index contributed by atoms with van der Waals surface area (Å²) in [5.74, 6) is 2.04. The Morgan fingerprint density at radius 3 is 2.83 bits per heavy atom. The van der Waals surface area contributed by atoms with Crippen molar-refractivity contribution < 1.29 is 9.21 Å². The van der Waals surface area contributed by atoms with E-state index >= 15 is 0 Å². The zero-order valence-corrected chi connectivity index (χ0v) is 14.2. The molecule has 1 heterocycles. The van der Waals surface area contributed by atoms with Crippen LogP contribution in [0.3, 0.4) is 0 Å². The van der Waals surface area contributed by atoms with Crippen molar-refractivity contribution in [2.24, 2.45) is 5.92 Å². The Balaban J connectivity index is 1.78. The van der Waals surface area contributed by atoms with E-state index in [0.717, 1.165) is 17.7 Å². The molecule has 24 heavy (non-hydrogen) atoms. The summed E-state index contributed by atoms with van der Waals surface area (Å²) in [4.78, 5) is 12.3. The largest absolute Gasteiger partial charge is 0.461 e. The van der Waals surface area contributed by atoms with E-state index in [9.17, 15) is 10.1 Å². The van der Waals surface area contributed by atoms with Crippen molar-refractivity contribution in [3.63, 3.8) is 0 Å². The molecule has 1 N–H and O–H groups in total. The minimum Gasteiger partial charge on any atom is -0.461 e. The number of carbonyl (C=O) groups excluding carboxylic acids is 1. The average Bonchev–Trinajstić information content (AvgIpc) is 3.10. The Kier molecular flexibility index (Phi) is 4.46. The highest BCUT2D eigenvalue weighted by atomic mass is 35.5. The molecule has 1 fully saturated rings. The van der Waals surface area contributed by atoms with Gasteiger partial charge in [-0.3, -0.25) is 4.79 Å². The van der Waals surface area contributed by atoms with Crippen molar-refractivity contribution in [3.05, 3.63) is 58.0 Å². The summed E-state index contributed by atoms with van der Waals surface area (Å²) in [7, 11) is 0. The molecule has 4 nitrogen and oxygen atoms in total. The van der Waals surface area contributed by atoms with E-state index in [1.165, 1.54) is 6.08 Å². The van der Waals surface area contributed by atoms with Crippen LogP contribution < -0.4 is 5.32 Å². The molecule has 1 saturated carbocycles. The Morgan fingerprint density at radius 2 is 2.17 bits per heavy atom. The normalized spacial score (nSPS) is 19.7. The fraction of sp³-hybridized carbons (Fsp3) is 0.263. The Labute approximate surface area is 145 Å². The summed E-state index contributed by atoms with van der Waals surface area (Å²) in [6.07, 6.45) is 2.59. The molecule has 0 unspecified atom stereocenters. The number of amides is 1. The minimum absolute atomic E-state index is 0.0147. The molecule has 1 aromatic carbocycles. The van der Waals surface area contributed by atoms with Crippen LogP contribution in [0.5, 0.6) is 0 Å².